The molecule has 0 fully saturated rings. The SMILES string of the molecule is CCC(C)(C)C(NN)C1CCCc2cccnc21. The second-order valence-electron chi connectivity index (χ2n) is 6.03. The lowest BCUT2D eigenvalue weighted by Gasteiger charge is -2.40. The van der Waals surface area contributed by atoms with Gasteiger partial charge in [0.05, 0.1) is 0 Å². The number of nitrogens with one attached hydrogen (secondary N) is 1. The number of aromatic nitrogens is 1. The zero-order chi connectivity index (χ0) is 13.2. The summed E-state index contributed by atoms with van der Waals surface area (Å²) in [5.41, 5.74) is 5.91. The summed E-state index contributed by atoms with van der Waals surface area (Å²) < 4.78 is 0. The highest BCUT2D eigenvalue weighted by atomic mass is 15.2. The molecule has 0 spiro atoms. The van der Waals surface area contributed by atoms with E-state index < -0.39 is 0 Å². The van der Waals surface area contributed by atoms with Crippen LogP contribution in [0.5, 0.6) is 0 Å². The lowest BCUT2D eigenvalue weighted by atomic mass is 9.70. The zero-order valence-electron chi connectivity index (χ0n) is 11.7. The first-order chi connectivity index (χ1) is 8.60. The summed E-state index contributed by atoms with van der Waals surface area (Å²) in [5, 5.41) is 0. The maximum atomic E-state index is 5.84. The van der Waals surface area contributed by atoms with Gasteiger partial charge in [0, 0.05) is 23.9 Å². The van der Waals surface area contributed by atoms with Crippen LogP contribution < -0.4 is 11.3 Å². The molecule has 1 heterocycles. The first kappa shape index (κ1) is 13.5. The standard InChI is InChI=1S/C15H25N3/c1-4-15(2,3)14(18-16)12-9-5-7-11-8-6-10-17-13(11)12/h6,8,10,12,14,18H,4-5,7,9,16H2,1-3H3. The maximum Gasteiger partial charge on any atom is 0.0482 e. The molecule has 0 aliphatic heterocycles. The number of rotatable bonds is 4. The fourth-order valence-corrected chi connectivity index (χ4v) is 3.08. The van der Waals surface area contributed by atoms with Crippen molar-refractivity contribution in [2.45, 2.75) is 58.4 Å². The van der Waals surface area contributed by atoms with Crippen LogP contribution in [0.25, 0.3) is 0 Å². The van der Waals surface area contributed by atoms with Gasteiger partial charge in [-0.2, -0.15) is 0 Å². The Morgan fingerprint density at radius 1 is 1.56 bits per heavy atom. The quantitative estimate of drug-likeness (QED) is 0.635. The Hall–Kier alpha value is -0.930. The van der Waals surface area contributed by atoms with E-state index in [4.69, 9.17) is 5.84 Å². The molecule has 1 aromatic heterocycles. The van der Waals surface area contributed by atoms with Gasteiger partial charge in [-0.05, 0) is 42.7 Å². The molecule has 2 rings (SSSR count). The van der Waals surface area contributed by atoms with Crippen molar-refractivity contribution in [2.24, 2.45) is 11.3 Å². The van der Waals surface area contributed by atoms with Gasteiger partial charge in [-0.1, -0.05) is 26.8 Å². The van der Waals surface area contributed by atoms with Crippen LogP contribution in [0, 0.1) is 5.41 Å². The summed E-state index contributed by atoms with van der Waals surface area (Å²) >= 11 is 0. The van der Waals surface area contributed by atoms with Crippen LogP contribution in [0.4, 0.5) is 0 Å². The predicted molar refractivity (Wildman–Crippen MR) is 75.1 cm³/mol. The minimum atomic E-state index is 0.186. The molecule has 2 atom stereocenters. The van der Waals surface area contributed by atoms with Crippen LogP contribution in [0.15, 0.2) is 18.3 Å². The second kappa shape index (κ2) is 5.37. The Labute approximate surface area is 110 Å². The van der Waals surface area contributed by atoms with Gasteiger partial charge in [-0.15, -0.1) is 0 Å². The predicted octanol–water partition coefficient (Wildman–Crippen LogP) is 2.77. The molecular weight excluding hydrogens is 222 g/mol. The molecule has 0 saturated carbocycles. The van der Waals surface area contributed by atoms with Crippen molar-refractivity contribution < 1.29 is 0 Å². The fourth-order valence-electron chi connectivity index (χ4n) is 3.08. The number of nitrogens with zero attached hydrogens (tertiary/aromatic N) is 1. The lowest BCUT2D eigenvalue weighted by molar-refractivity contribution is 0.189. The Kier molecular flexibility index (Phi) is 4.03. The van der Waals surface area contributed by atoms with E-state index in [9.17, 15) is 0 Å². The van der Waals surface area contributed by atoms with E-state index in [0.717, 1.165) is 12.8 Å². The van der Waals surface area contributed by atoms with Crippen LogP contribution in [0.3, 0.4) is 0 Å². The molecule has 3 heteroatoms. The van der Waals surface area contributed by atoms with Gasteiger partial charge in [0.1, 0.15) is 0 Å². The maximum absolute atomic E-state index is 5.84. The number of aryl methyl sites for hydroxylation is 1. The van der Waals surface area contributed by atoms with E-state index in [-0.39, 0.29) is 11.5 Å². The van der Waals surface area contributed by atoms with Crippen molar-refractivity contribution in [1.82, 2.24) is 10.4 Å². The first-order valence-electron chi connectivity index (χ1n) is 7.00. The third-order valence-corrected chi connectivity index (χ3v) is 4.57. The van der Waals surface area contributed by atoms with Crippen LogP contribution in [-0.4, -0.2) is 11.0 Å². The Morgan fingerprint density at radius 3 is 3.00 bits per heavy atom. The van der Waals surface area contributed by atoms with Gasteiger partial charge in [0.15, 0.2) is 0 Å². The van der Waals surface area contributed by atoms with Crippen LogP contribution in [0.1, 0.15) is 57.2 Å². The lowest BCUT2D eigenvalue weighted by Crippen LogP contribution is -2.50. The van der Waals surface area contributed by atoms with Crippen molar-refractivity contribution in [1.29, 1.82) is 0 Å². The minimum absolute atomic E-state index is 0.186. The van der Waals surface area contributed by atoms with Crippen LogP contribution in [-0.2, 0) is 6.42 Å². The molecule has 0 amide bonds. The largest absolute Gasteiger partial charge is 0.271 e. The minimum Gasteiger partial charge on any atom is -0.271 e. The molecule has 1 aliphatic carbocycles. The summed E-state index contributed by atoms with van der Waals surface area (Å²) in [5.74, 6) is 6.28. The van der Waals surface area contributed by atoms with Crippen molar-refractivity contribution in [3.63, 3.8) is 0 Å². The van der Waals surface area contributed by atoms with Crippen molar-refractivity contribution in [3.05, 3.63) is 29.6 Å². The summed E-state index contributed by atoms with van der Waals surface area (Å²) in [6.45, 7) is 6.80. The highest BCUT2D eigenvalue weighted by molar-refractivity contribution is 5.28. The number of hydrogen-bond acceptors (Lipinski definition) is 3. The Bertz CT molecular complexity index is 400. The molecule has 1 aliphatic rings. The molecule has 18 heavy (non-hydrogen) atoms. The van der Waals surface area contributed by atoms with Gasteiger partial charge < -0.3 is 0 Å². The van der Waals surface area contributed by atoms with Crippen LogP contribution >= 0.6 is 0 Å². The monoisotopic (exact) mass is 247 g/mol. The number of nitrogens with two attached hydrogens (primary N) is 1. The average molecular weight is 247 g/mol. The van der Waals surface area contributed by atoms with E-state index in [1.807, 2.05) is 12.3 Å². The summed E-state index contributed by atoms with van der Waals surface area (Å²) in [6.07, 6.45) is 6.59. The molecular formula is C15H25N3. The van der Waals surface area contributed by atoms with Gasteiger partial charge in [0.25, 0.3) is 0 Å². The van der Waals surface area contributed by atoms with Gasteiger partial charge in [0.2, 0.25) is 0 Å². The molecule has 1 aromatic rings. The third-order valence-electron chi connectivity index (χ3n) is 4.57. The number of pyridine rings is 1. The number of hydrazine groups is 1. The Morgan fingerprint density at radius 2 is 2.33 bits per heavy atom. The first-order valence-corrected chi connectivity index (χ1v) is 7.00. The molecule has 3 N–H and O–H groups in total. The van der Waals surface area contributed by atoms with Crippen LogP contribution in [0.2, 0.25) is 0 Å². The summed E-state index contributed by atoms with van der Waals surface area (Å²) in [4.78, 5) is 4.62. The number of fused-ring (bicyclic) bond motifs is 1. The van der Waals surface area contributed by atoms with E-state index in [1.165, 1.54) is 24.1 Å². The molecule has 0 radical (unpaired) electrons. The smallest absolute Gasteiger partial charge is 0.0482 e. The highest BCUT2D eigenvalue weighted by Gasteiger charge is 2.37. The molecule has 100 valence electrons. The van der Waals surface area contributed by atoms with Gasteiger partial charge in [-0.3, -0.25) is 16.3 Å². The van der Waals surface area contributed by atoms with Crippen molar-refractivity contribution in [3.8, 4) is 0 Å². The highest BCUT2D eigenvalue weighted by Crippen LogP contribution is 2.40. The topological polar surface area (TPSA) is 50.9 Å². The molecule has 0 saturated heterocycles. The normalized spacial score (nSPS) is 21.4. The zero-order valence-corrected chi connectivity index (χ0v) is 11.7. The third kappa shape index (κ3) is 2.43. The van der Waals surface area contributed by atoms with Crippen molar-refractivity contribution in [2.75, 3.05) is 0 Å². The van der Waals surface area contributed by atoms with Gasteiger partial charge >= 0.3 is 0 Å². The molecule has 3 nitrogen and oxygen atoms in total. The van der Waals surface area contributed by atoms with E-state index >= 15 is 0 Å². The second-order valence-corrected chi connectivity index (χ2v) is 6.03. The van der Waals surface area contributed by atoms with E-state index in [0.29, 0.717) is 5.92 Å². The fraction of sp³-hybridized carbons (Fsp3) is 0.667. The summed E-state index contributed by atoms with van der Waals surface area (Å²) in [7, 11) is 0. The van der Waals surface area contributed by atoms with E-state index in [1.54, 1.807) is 0 Å². The van der Waals surface area contributed by atoms with Gasteiger partial charge in [-0.25, -0.2) is 0 Å². The average Bonchev–Trinajstić information content (AvgIpc) is 2.39. The number of hydrogen-bond donors (Lipinski definition) is 2. The Balaban J connectivity index is 2.34. The molecule has 0 bridgehead atoms. The van der Waals surface area contributed by atoms with Crippen molar-refractivity contribution >= 4 is 0 Å². The van der Waals surface area contributed by atoms with E-state index in [2.05, 4.69) is 37.2 Å². The molecule has 0 aromatic carbocycles. The summed E-state index contributed by atoms with van der Waals surface area (Å²) in [6, 6.07) is 4.54. The molecule has 2 unspecified atom stereocenters.